The first kappa shape index (κ1) is 11.9. The third kappa shape index (κ3) is 6.06. The molecule has 5 N–H and O–H groups in total. The van der Waals surface area contributed by atoms with Gasteiger partial charge >= 0.3 is 0 Å². The number of amides is 2. The van der Waals surface area contributed by atoms with Crippen LogP contribution in [0.15, 0.2) is 0 Å². The van der Waals surface area contributed by atoms with E-state index in [0.717, 1.165) is 0 Å². The number of nitrogens with two attached hydrogens (primary N) is 1. The molecule has 0 heterocycles. The molecule has 0 fully saturated rings. The Kier molecular flexibility index (Phi) is 5.82. The molecule has 0 aliphatic rings. The van der Waals surface area contributed by atoms with Crippen LogP contribution in [0.3, 0.4) is 0 Å². The SMILES string of the molecule is CC(CO)NC(=O)CNC(=O)CN. The molecule has 0 aliphatic heterocycles. The van der Waals surface area contributed by atoms with Crippen LogP contribution in [0.2, 0.25) is 0 Å². The third-order valence-electron chi connectivity index (χ3n) is 1.31. The number of carbonyl (C=O) groups excluding carboxylic acids is 2. The molecule has 0 saturated carbocycles. The van der Waals surface area contributed by atoms with Crippen molar-refractivity contribution in [2.75, 3.05) is 19.7 Å². The van der Waals surface area contributed by atoms with E-state index in [0.29, 0.717) is 0 Å². The Balaban J connectivity index is 3.57. The Bertz CT molecular complexity index is 184. The van der Waals surface area contributed by atoms with Crippen LogP contribution in [0, 0.1) is 0 Å². The number of carbonyl (C=O) groups is 2. The van der Waals surface area contributed by atoms with Gasteiger partial charge in [0.25, 0.3) is 0 Å². The maximum Gasteiger partial charge on any atom is 0.239 e. The smallest absolute Gasteiger partial charge is 0.239 e. The van der Waals surface area contributed by atoms with E-state index >= 15 is 0 Å². The van der Waals surface area contributed by atoms with Gasteiger partial charge in [-0.25, -0.2) is 0 Å². The number of aliphatic hydroxyl groups excluding tert-OH is 1. The third-order valence-corrected chi connectivity index (χ3v) is 1.31. The predicted molar refractivity (Wildman–Crippen MR) is 46.8 cm³/mol. The predicted octanol–water partition coefficient (Wildman–Crippen LogP) is -2.44. The Morgan fingerprint density at radius 2 is 2.08 bits per heavy atom. The zero-order valence-electron chi connectivity index (χ0n) is 7.54. The fourth-order valence-electron chi connectivity index (χ4n) is 0.623. The second-order valence-corrected chi connectivity index (χ2v) is 2.63. The van der Waals surface area contributed by atoms with E-state index in [1.54, 1.807) is 6.92 Å². The summed E-state index contributed by atoms with van der Waals surface area (Å²) in [5, 5.41) is 13.4. The molecule has 0 radical (unpaired) electrons. The Hall–Kier alpha value is -1.14. The molecule has 0 spiro atoms. The lowest BCUT2D eigenvalue weighted by Crippen LogP contribution is -2.43. The van der Waals surface area contributed by atoms with Gasteiger partial charge in [-0.2, -0.15) is 0 Å². The van der Waals surface area contributed by atoms with Gasteiger partial charge in [-0.1, -0.05) is 0 Å². The summed E-state index contributed by atoms with van der Waals surface area (Å²) in [6, 6.07) is -0.303. The molecule has 0 rings (SSSR count). The fraction of sp³-hybridized carbons (Fsp3) is 0.714. The first-order valence-electron chi connectivity index (χ1n) is 3.97. The van der Waals surface area contributed by atoms with Crippen molar-refractivity contribution in [1.29, 1.82) is 0 Å². The van der Waals surface area contributed by atoms with E-state index in [-0.39, 0.29) is 37.6 Å². The van der Waals surface area contributed by atoms with Crippen LogP contribution in [0.4, 0.5) is 0 Å². The van der Waals surface area contributed by atoms with E-state index in [9.17, 15) is 9.59 Å². The van der Waals surface area contributed by atoms with Crippen molar-refractivity contribution in [3.05, 3.63) is 0 Å². The molecule has 13 heavy (non-hydrogen) atoms. The van der Waals surface area contributed by atoms with Crippen LogP contribution < -0.4 is 16.4 Å². The Morgan fingerprint density at radius 1 is 1.46 bits per heavy atom. The van der Waals surface area contributed by atoms with Crippen LogP contribution in [0.25, 0.3) is 0 Å². The molecule has 1 atom stereocenters. The standard InChI is InChI=1S/C7H15N3O3/c1-5(4-11)10-7(13)3-9-6(12)2-8/h5,11H,2-4,8H2,1H3,(H,9,12)(H,10,13). The summed E-state index contributed by atoms with van der Waals surface area (Å²) in [5.41, 5.74) is 5.00. The number of hydrogen-bond donors (Lipinski definition) is 4. The molecule has 0 bridgehead atoms. The number of rotatable bonds is 5. The second-order valence-electron chi connectivity index (χ2n) is 2.63. The van der Waals surface area contributed by atoms with Gasteiger partial charge in [0.05, 0.1) is 19.7 Å². The molecule has 0 saturated heterocycles. The normalized spacial score (nSPS) is 11.9. The number of nitrogens with one attached hydrogen (secondary N) is 2. The van der Waals surface area contributed by atoms with Crippen molar-refractivity contribution in [3.63, 3.8) is 0 Å². The lowest BCUT2D eigenvalue weighted by atomic mass is 10.3. The number of hydrogen-bond acceptors (Lipinski definition) is 4. The minimum atomic E-state index is -0.383. The summed E-state index contributed by atoms with van der Waals surface area (Å²) in [4.78, 5) is 21.6. The number of aliphatic hydroxyl groups is 1. The summed E-state index contributed by atoms with van der Waals surface area (Å²) in [7, 11) is 0. The summed E-state index contributed by atoms with van der Waals surface area (Å²) in [5.74, 6) is -0.727. The first-order valence-corrected chi connectivity index (χ1v) is 3.97. The molecular weight excluding hydrogens is 174 g/mol. The second kappa shape index (κ2) is 6.38. The largest absolute Gasteiger partial charge is 0.394 e. The van der Waals surface area contributed by atoms with Crippen LogP contribution in [0.1, 0.15) is 6.92 Å². The molecule has 1 unspecified atom stereocenters. The van der Waals surface area contributed by atoms with Gasteiger partial charge in [-0.05, 0) is 6.92 Å². The van der Waals surface area contributed by atoms with Crippen LogP contribution in [-0.4, -0.2) is 42.7 Å². The summed E-state index contributed by atoms with van der Waals surface area (Å²) >= 11 is 0. The molecular formula is C7H15N3O3. The quantitative estimate of drug-likeness (QED) is 0.385. The molecule has 6 heteroatoms. The van der Waals surface area contributed by atoms with Gasteiger partial charge in [0.2, 0.25) is 11.8 Å². The van der Waals surface area contributed by atoms with Crippen LogP contribution in [0.5, 0.6) is 0 Å². The van der Waals surface area contributed by atoms with E-state index in [4.69, 9.17) is 10.8 Å². The Labute approximate surface area is 76.5 Å². The average Bonchev–Trinajstić information content (AvgIpc) is 2.13. The van der Waals surface area contributed by atoms with Crippen molar-refractivity contribution in [3.8, 4) is 0 Å². The zero-order chi connectivity index (χ0) is 10.3. The summed E-state index contributed by atoms with van der Waals surface area (Å²) in [6.07, 6.45) is 0. The van der Waals surface area contributed by atoms with Crippen molar-refractivity contribution >= 4 is 11.8 Å². The minimum absolute atomic E-state index is 0.111. The van der Waals surface area contributed by atoms with Gasteiger partial charge in [-0.15, -0.1) is 0 Å². The molecule has 0 aromatic heterocycles. The molecule has 0 aliphatic carbocycles. The monoisotopic (exact) mass is 189 g/mol. The average molecular weight is 189 g/mol. The topological polar surface area (TPSA) is 104 Å². The van der Waals surface area contributed by atoms with Crippen molar-refractivity contribution in [1.82, 2.24) is 10.6 Å². The van der Waals surface area contributed by atoms with Crippen molar-refractivity contribution in [2.24, 2.45) is 5.73 Å². The summed E-state index contributed by atoms with van der Waals surface area (Å²) in [6.45, 7) is 1.28. The van der Waals surface area contributed by atoms with Crippen molar-refractivity contribution < 1.29 is 14.7 Å². The van der Waals surface area contributed by atoms with Crippen molar-refractivity contribution in [2.45, 2.75) is 13.0 Å². The van der Waals surface area contributed by atoms with Crippen LogP contribution in [-0.2, 0) is 9.59 Å². The molecule has 6 nitrogen and oxygen atoms in total. The summed E-state index contributed by atoms with van der Waals surface area (Å²) < 4.78 is 0. The van der Waals surface area contributed by atoms with E-state index in [1.807, 2.05) is 0 Å². The van der Waals surface area contributed by atoms with E-state index in [1.165, 1.54) is 0 Å². The van der Waals surface area contributed by atoms with Gasteiger partial charge in [0, 0.05) is 6.04 Å². The maximum atomic E-state index is 11.0. The minimum Gasteiger partial charge on any atom is -0.394 e. The molecule has 76 valence electrons. The molecule has 0 aromatic rings. The highest BCUT2D eigenvalue weighted by atomic mass is 16.3. The van der Waals surface area contributed by atoms with Gasteiger partial charge in [0.15, 0.2) is 0 Å². The highest BCUT2D eigenvalue weighted by molar-refractivity contribution is 5.85. The van der Waals surface area contributed by atoms with E-state index < -0.39 is 0 Å². The highest BCUT2D eigenvalue weighted by Gasteiger charge is 2.06. The maximum absolute atomic E-state index is 11.0. The Morgan fingerprint density at radius 3 is 2.54 bits per heavy atom. The lowest BCUT2D eigenvalue weighted by Gasteiger charge is -2.10. The first-order chi connectivity index (χ1) is 6.10. The van der Waals surface area contributed by atoms with Gasteiger partial charge in [0.1, 0.15) is 0 Å². The van der Waals surface area contributed by atoms with E-state index in [2.05, 4.69) is 10.6 Å². The van der Waals surface area contributed by atoms with Gasteiger partial charge in [-0.3, -0.25) is 9.59 Å². The lowest BCUT2D eigenvalue weighted by molar-refractivity contribution is -0.125. The fourth-order valence-corrected chi connectivity index (χ4v) is 0.623. The van der Waals surface area contributed by atoms with Crippen LogP contribution >= 0.6 is 0 Å². The highest BCUT2D eigenvalue weighted by Crippen LogP contribution is 1.77. The zero-order valence-corrected chi connectivity index (χ0v) is 7.54. The van der Waals surface area contributed by atoms with Gasteiger partial charge < -0.3 is 21.5 Å². The molecule has 0 aromatic carbocycles. The molecule has 2 amide bonds.